The number of pyridine rings is 1. The Bertz CT molecular complexity index is 988. The van der Waals surface area contributed by atoms with Gasteiger partial charge in [-0.25, -0.2) is 15.0 Å². The summed E-state index contributed by atoms with van der Waals surface area (Å²) >= 11 is 0. The van der Waals surface area contributed by atoms with Crippen LogP contribution in [-0.2, 0) is 30.7 Å². The number of methoxy groups -OCH3 is 1. The number of aromatic nitrogens is 5. The molecule has 144 valence electrons. The molecule has 4 heterocycles. The molecule has 0 fully saturated rings. The Kier molecular flexibility index (Phi) is 5.50. The lowest BCUT2D eigenvalue weighted by atomic mass is 10.1. The molecular formula is C20H22N6O2. The number of rotatable bonds is 6. The van der Waals surface area contributed by atoms with Crippen LogP contribution in [0.15, 0.2) is 41.7 Å². The van der Waals surface area contributed by atoms with Gasteiger partial charge in [0.05, 0.1) is 17.9 Å². The van der Waals surface area contributed by atoms with Crippen molar-refractivity contribution in [2.75, 3.05) is 20.3 Å². The summed E-state index contributed by atoms with van der Waals surface area (Å²) in [6, 6.07) is 3.69. The highest BCUT2D eigenvalue weighted by molar-refractivity contribution is 5.54. The van der Waals surface area contributed by atoms with E-state index in [0.29, 0.717) is 31.9 Å². The van der Waals surface area contributed by atoms with Crippen molar-refractivity contribution in [2.24, 2.45) is 0 Å². The first-order chi connectivity index (χ1) is 13.7. The normalized spacial score (nSPS) is 14.0. The number of nitrogens with zero attached hydrogens (tertiary/aromatic N) is 5. The second kappa shape index (κ2) is 8.37. The van der Waals surface area contributed by atoms with E-state index in [9.17, 15) is 4.79 Å². The van der Waals surface area contributed by atoms with Gasteiger partial charge in [0.25, 0.3) is 5.56 Å². The average molecular weight is 378 g/mol. The van der Waals surface area contributed by atoms with Gasteiger partial charge in [-0.15, -0.1) is 0 Å². The summed E-state index contributed by atoms with van der Waals surface area (Å²) in [4.78, 5) is 35.2. The molecule has 28 heavy (non-hydrogen) atoms. The van der Waals surface area contributed by atoms with Crippen LogP contribution in [-0.4, -0.2) is 50.1 Å². The number of nitrogens with one attached hydrogen (secondary N) is 1. The van der Waals surface area contributed by atoms with Gasteiger partial charge in [0.1, 0.15) is 11.6 Å². The summed E-state index contributed by atoms with van der Waals surface area (Å²) in [5.41, 5.74) is 3.43. The third kappa shape index (κ3) is 4.13. The molecule has 0 aliphatic carbocycles. The second-order valence-corrected chi connectivity index (χ2v) is 6.79. The molecule has 0 amide bonds. The summed E-state index contributed by atoms with van der Waals surface area (Å²) in [7, 11) is 1.67. The SMILES string of the molecule is COCCc1ncc(CN2CCc3nc(-c4ccncc4)[nH]c(=O)c3C2)cn1. The van der Waals surface area contributed by atoms with Gasteiger partial charge in [-0.2, -0.15) is 0 Å². The van der Waals surface area contributed by atoms with E-state index in [1.54, 1.807) is 19.5 Å². The lowest BCUT2D eigenvalue weighted by Gasteiger charge is -2.27. The molecule has 0 bridgehead atoms. The molecule has 0 spiro atoms. The van der Waals surface area contributed by atoms with E-state index in [0.717, 1.165) is 41.2 Å². The largest absolute Gasteiger partial charge is 0.384 e. The summed E-state index contributed by atoms with van der Waals surface area (Å²) in [5, 5.41) is 0. The zero-order chi connectivity index (χ0) is 19.3. The first-order valence-electron chi connectivity index (χ1n) is 9.26. The Morgan fingerprint density at radius 2 is 2.00 bits per heavy atom. The van der Waals surface area contributed by atoms with Crippen LogP contribution >= 0.6 is 0 Å². The number of hydrogen-bond donors (Lipinski definition) is 1. The molecule has 3 aromatic rings. The van der Waals surface area contributed by atoms with Crippen molar-refractivity contribution in [3.05, 3.63) is 69.9 Å². The Hall–Kier alpha value is -2.97. The Morgan fingerprint density at radius 3 is 2.75 bits per heavy atom. The van der Waals surface area contributed by atoms with Gasteiger partial charge in [0.2, 0.25) is 0 Å². The van der Waals surface area contributed by atoms with Crippen LogP contribution in [0, 0.1) is 0 Å². The molecule has 8 heteroatoms. The highest BCUT2D eigenvalue weighted by atomic mass is 16.5. The fourth-order valence-electron chi connectivity index (χ4n) is 3.31. The van der Waals surface area contributed by atoms with Crippen LogP contribution in [0.4, 0.5) is 0 Å². The van der Waals surface area contributed by atoms with Crippen LogP contribution in [0.1, 0.15) is 22.6 Å². The first kappa shape index (κ1) is 18.4. The van der Waals surface area contributed by atoms with Crippen molar-refractivity contribution >= 4 is 0 Å². The smallest absolute Gasteiger partial charge is 0.255 e. The maximum absolute atomic E-state index is 12.6. The molecule has 1 aliphatic heterocycles. The van der Waals surface area contributed by atoms with Gasteiger partial charge in [-0.1, -0.05) is 0 Å². The van der Waals surface area contributed by atoms with Crippen LogP contribution < -0.4 is 5.56 Å². The lowest BCUT2D eigenvalue weighted by molar-refractivity contribution is 0.200. The number of fused-ring (bicyclic) bond motifs is 1. The minimum absolute atomic E-state index is 0.0762. The molecule has 0 saturated carbocycles. The van der Waals surface area contributed by atoms with E-state index >= 15 is 0 Å². The van der Waals surface area contributed by atoms with Crippen LogP contribution in [0.5, 0.6) is 0 Å². The summed E-state index contributed by atoms with van der Waals surface area (Å²) in [6.07, 6.45) is 8.53. The standard InChI is InChI=1S/C20H22N6O2/c1-28-9-5-18-22-10-14(11-23-18)12-26-8-4-17-16(13-26)20(27)25-19(24-17)15-2-6-21-7-3-15/h2-3,6-7,10-11H,4-5,8-9,12-13H2,1H3,(H,24,25,27). The van der Waals surface area contributed by atoms with E-state index in [-0.39, 0.29) is 5.56 Å². The van der Waals surface area contributed by atoms with Crippen LogP contribution in [0.25, 0.3) is 11.4 Å². The van der Waals surface area contributed by atoms with Gasteiger partial charge in [0.15, 0.2) is 0 Å². The average Bonchev–Trinajstić information content (AvgIpc) is 2.74. The molecule has 0 atom stereocenters. The van der Waals surface area contributed by atoms with Crippen molar-refractivity contribution in [1.29, 1.82) is 0 Å². The topological polar surface area (TPSA) is 96.9 Å². The van der Waals surface area contributed by atoms with Gasteiger partial charge < -0.3 is 9.72 Å². The van der Waals surface area contributed by atoms with Gasteiger partial charge in [0, 0.05) is 75.5 Å². The molecule has 1 N–H and O–H groups in total. The molecule has 1 aliphatic rings. The first-order valence-corrected chi connectivity index (χ1v) is 9.26. The molecule has 4 rings (SSSR count). The molecule has 0 aromatic carbocycles. The summed E-state index contributed by atoms with van der Waals surface area (Å²) in [5.74, 6) is 1.37. The third-order valence-electron chi connectivity index (χ3n) is 4.80. The van der Waals surface area contributed by atoms with Gasteiger partial charge in [-0.3, -0.25) is 14.7 Å². The van der Waals surface area contributed by atoms with E-state index in [4.69, 9.17) is 4.74 Å². The maximum atomic E-state index is 12.6. The van der Waals surface area contributed by atoms with Crippen molar-refractivity contribution in [1.82, 2.24) is 29.8 Å². The fourth-order valence-corrected chi connectivity index (χ4v) is 3.31. The van der Waals surface area contributed by atoms with Crippen molar-refractivity contribution in [2.45, 2.75) is 25.9 Å². The monoisotopic (exact) mass is 378 g/mol. The molecule has 0 saturated heterocycles. The highest BCUT2D eigenvalue weighted by Crippen LogP contribution is 2.19. The predicted molar refractivity (Wildman–Crippen MR) is 104 cm³/mol. The zero-order valence-corrected chi connectivity index (χ0v) is 15.8. The summed E-state index contributed by atoms with van der Waals surface area (Å²) < 4.78 is 5.05. The fraction of sp³-hybridized carbons (Fsp3) is 0.350. The number of ether oxygens (including phenoxy) is 1. The molecule has 0 unspecified atom stereocenters. The second-order valence-electron chi connectivity index (χ2n) is 6.79. The lowest BCUT2D eigenvalue weighted by Crippen LogP contribution is -2.35. The van der Waals surface area contributed by atoms with Crippen LogP contribution in [0.2, 0.25) is 0 Å². The third-order valence-corrected chi connectivity index (χ3v) is 4.80. The Labute approximate surface area is 162 Å². The predicted octanol–water partition coefficient (Wildman–Crippen LogP) is 1.37. The van der Waals surface area contributed by atoms with Crippen molar-refractivity contribution in [3.63, 3.8) is 0 Å². The number of H-pyrrole nitrogens is 1. The quantitative estimate of drug-likeness (QED) is 0.692. The molecule has 0 radical (unpaired) electrons. The van der Waals surface area contributed by atoms with Crippen LogP contribution in [0.3, 0.4) is 0 Å². The Balaban J connectivity index is 1.47. The highest BCUT2D eigenvalue weighted by Gasteiger charge is 2.21. The van der Waals surface area contributed by atoms with E-state index in [1.165, 1.54) is 0 Å². The van der Waals surface area contributed by atoms with Crippen molar-refractivity contribution < 1.29 is 4.74 Å². The summed E-state index contributed by atoms with van der Waals surface area (Å²) in [6.45, 7) is 2.72. The zero-order valence-electron chi connectivity index (χ0n) is 15.8. The van der Waals surface area contributed by atoms with Gasteiger partial charge in [-0.05, 0) is 12.1 Å². The Morgan fingerprint density at radius 1 is 1.21 bits per heavy atom. The maximum Gasteiger partial charge on any atom is 0.255 e. The number of aromatic amines is 1. The number of hydrogen-bond acceptors (Lipinski definition) is 7. The molecular weight excluding hydrogens is 356 g/mol. The minimum atomic E-state index is -0.0762. The van der Waals surface area contributed by atoms with Crippen molar-refractivity contribution in [3.8, 4) is 11.4 Å². The minimum Gasteiger partial charge on any atom is -0.384 e. The van der Waals surface area contributed by atoms with Gasteiger partial charge >= 0.3 is 0 Å². The van der Waals surface area contributed by atoms with E-state index in [1.807, 2.05) is 24.5 Å². The molecule has 3 aromatic heterocycles. The molecule has 8 nitrogen and oxygen atoms in total. The van der Waals surface area contributed by atoms with E-state index in [2.05, 4.69) is 29.8 Å². The van der Waals surface area contributed by atoms with E-state index < -0.39 is 0 Å².